The Labute approximate surface area is 274 Å². The molecule has 2 aromatic carbocycles. The van der Waals surface area contributed by atoms with E-state index >= 15 is 0 Å². The van der Waals surface area contributed by atoms with E-state index in [1.54, 1.807) is 21.3 Å². The van der Waals surface area contributed by atoms with Crippen molar-refractivity contribution in [3.63, 3.8) is 0 Å². The van der Waals surface area contributed by atoms with Crippen LogP contribution in [-0.2, 0) is 11.8 Å². The standard InChI is InChI=1S/C37H57N3O3.ClH/c1-6-8-9-10-11-12-13-14-15-16-26-37(30-38,32-19-17-21-34(29-32)43-7-2)27-18-20-33(40-39-3)24-22-31-23-25-35(41-4)36(28-31)42-5;/h17,19,21,23,25,28-29,33H,6-16,18,20,22,24,26-27H2,1-5H3;1H/b40-39+;. The summed E-state index contributed by atoms with van der Waals surface area (Å²) in [5, 5.41) is 19.4. The van der Waals surface area contributed by atoms with E-state index in [1.165, 1.54) is 63.4 Å². The van der Waals surface area contributed by atoms with Crippen molar-refractivity contribution < 1.29 is 14.2 Å². The Kier molecular flexibility index (Phi) is 21.0. The highest BCUT2D eigenvalue weighted by atomic mass is 35.5. The number of azo groups is 1. The zero-order chi connectivity index (χ0) is 31.2. The summed E-state index contributed by atoms with van der Waals surface area (Å²) in [7, 11) is 5.06. The molecule has 0 bridgehead atoms. The maximum Gasteiger partial charge on any atom is 0.160 e. The van der Waals surface area contributed by atoms with Gasteiger partial charge in [0.05, 0.1) is 38.4 Å². The fourth-order valence-corrected chi connectivity index (χ4v) is 5.99. The number of rotatable bonds is 24. The molecule has 2 atom stereocenters. The van der Waals surface area contributed by atoms with Crippen molar-refractivity contribution in [2.24, 2.45) is 10.2 Å². The number of hydrogen-bond donors (Lipinski definition) is 0. The van der Waals surface area contributed by atoms with Gasteiger partial charge in [0.1, 0.15) is 5.75 Å². The van der Waals surface area contributed by atoms with Crippen LogP contribution in [0, 0.1) is 11.3 Å². The molecule has 0 N–H and O–H groups in total. The van der Waals surface area contributed by atoms with E-state index in [9.17, 15) is 5.26 Å². The second-order valence-electron chi connectivity index (χ2n) is 11.7. The van der Waals surface area contributed by atoms with Gasteiger partial charge in [-0.05, 0) is 80.8 Å². The van der Waals surface area contributed by atoms with Crippen LogP contribution in [-0.4, -0.2) is 33.9 Å². The van der Waals surface area contributed by atoms with E-state index in [1.807, 2.05) is 31.2 Å². The van der Waals surface area contributed by atoms with E-state index in [4.69, 9.17) is 14.2 Å². The van der Waals surface area contributed by atoms with Crippen LogP contribution in [0.5, 0.6) is 17.2 Å². The monoisotopic (exact) mass is 627 g/mol. The predicted octanol–water partition coefficient (Wildman–Crippen LogP) is 10.9. The summed E-state index contributed by atoms with van der Waals surface area (Å²) < 4.78 is 16.7. The van der Waals surface area contributed by atoms with Gasteiger partial charge in [-0.15, -0.1) is 12.4 Å². The quantitative estimate of drug-likeness (QED) is 0.0856. The molecule has 0 radical (unpaired) electrons. The lowest BCUT2D eigenvalue weighted by Crippen LogP contribution is -2.25. The van der Waals surface area contributed by atoms with Gasteiger partial charge in [0, 0.05) is 7.05 Å². The Balaban J connectivity index is 0.00000968. The summed E-state index contributed by atoms with van der Waals surface area (Å²) in [6.07, 6.45) is 18.2. The zero-order valence-electron chi connectivity index (χ0n) is 28.1. The molecule has 6 nitrogen and oxygen atoms in total. The van der Waals surface area contributed by atoms with E-state index in [-0.39, 0.29) is 18.4 Å². The number of halogens is 1. The molecule has 0 saturated heterocycles. The summed E-state index contributed by atoms with van der Waals surface area (Å²) in [4.78, 5) is 0. The highest BCUT2D eigenvalue weighted by molar-refractivity contribution is 5.85. The van der Waals surface area contributed by atoms with Crippen molar-refractivity contribution in [3.8, 4) is 23.3 Å². The van der Waals surface area contributed by atoms with Gasteiger partial charge in [-0.1, -0.05) is 89.3 Å². The normalized spacial score (nSPS) is 13.1. The average Bonchev–Trinajstić information content (AvgIpc) is 3.03. The number of hydrogen-bond acceptors (Lipinski definition) is 6. The Morgan fingerprint density at radius 2 is 1.45 bits per heavy atom. The van der Waals surface area contributed by atoms with E-state index in [0.29, 0.717) is 6.61 Å². The van der Waals surface area contributed by atoms with Crippen LogP contribution in [0.4, 0.5) is 0 Å². The zero-order valence-corrected chi connectivity index (χ0v) is 28.9. The fraction of sp³-hybridized carbons (Fsp3) is 0.649. The number of nitrogens with zero attached hydrogens (tertiary/aromatic N) is 3. The molecule has 0 aliphatic heterocycles. The molecule has 0 spiro atoms. The molecule has 0 amide bonds. The maximum atomic E-state index is 10.7. The van der Waals surface area contributed by atoms with E-state index in [0.717, 1.165) is 67.8 Å². The first-order valence-electron chi connectivity index (χ1n) is 16.7. The second-order valence-corrected chi connectivity index (χ2v) is 11.7. The van der Waals surface area contributed by atoms with Crippen LogP contribution in [0.1, 0.15) is 121 Å². The molecule has 0 fully saturated rings. The third-order valence-electron chi connectivity index (χ3n) is 8.50. The van der Waals surface area contributed by atoms with Crippen molar-refractivity contribution in [2.75, 3.05) is 27.9 Å². The van der Waals surface area contributed by atoms with E-state index in [2.05, 4.69) is 41.4 Å². The number of methoxy groups -OCH3 is 2. The molecular weight excluding hydrogens is 570 g/mol. The fourth-order valence-electron chi connectivity index (χ4n) is 5.99. The van der Waals surface area contributed by atoms with Crippen LogP contribution in [0.25, 0.3) is 0 Å². The molecular formula is C37H58ClN3O3. The third kappa shape index (κ3) is 13.9. The SMILES string of the molecule is CCCCCCCCCCCCC(C#N)(CCCC(CCc1ccc(OC)c(OC)c1)/N=N/C)c1cccc(OCC)c1.Cl. The van der Waals surface area contributed by atoms with Gasteiger partial charge in [-0.25, -0.2) is 0 Å². The molecule has 246 valence electrons. The summed E-state index contributed by atoms with van der Waals surface area (Å²) in [6.45, 7) is 4.88. The van der Waals surface area contributed by atoms with Crippen LogP contribution in [0.15, 0.2) is 52.7 Å². The maximum absolute atomic E-state index is 10.7. The van der Waals surface area contributed by atoms with Crippen LogP contribution < -0.4 is 14.2 Å². The smallest absolute Gasteiger partial charge is 0.160 e. The predicted molar refractivity (Wildman–Crippen MR) is 185 cm³/mol. The molecule has 0 heterocycles. The second kappa shape index (κ2) is 23.6. The van der Waals surface area contributed by atoms with Crippen molar-refractivity contribution in [1.29, 1.82) is 5.26 Å². The van der Waals surface area contributed by atoms with Crippen molar-refractivity contribution in [1.82, 2.24) is 0 Å². The Hall–Kier alpha value is -2.78. The molecule has 2 rings (SSSR count). The molecule has 2 aromatic rings. The highest BCUT2D eigenvalue weighted by Gasteiger charge is 2.32. The Morgan fingerprint density at radius 1 is 0.795 bits per heavy atom. The number of benzene rings is 2. The lowest BCUT2D eigenvalue weighted by molar-refractivity contribution is 0.337. The minimum absolute atomic E-state index is 0. The molecule has 0 aliphatic rings. The molecule has 7 heteroatoms. The van der Waals surface area contributed by atoms with Gasteiger partial charge >= 0.3 is 0 Å². The first kappa shape index (κ1) is 39.2. The lowest BCUT2D eigenvalue weighted by Gasteiger charge is -2.28. The number of ether oxygens (including phenoxy) is 3. The first-order valence-corrected chi connectivity index (χ1v) is 16.7. The molecule has 0 saturated carbocycles. The summed E-state index contributed by atoms with van der Waals surface area (Å²) in [6, 6.07) is 17.2. The average molecular weight is 628 g/mol. The topological polar surface area (TPSA) is 76.2 Å². The lowest BCUT2D eigenvalue weighted by atomic mass is 9.73. The van der Waals surface area contributed by atoms with E-state index < -0.39 is 5.41 Å². The number of nitriles is 1. The minimum atomic E-state index is -0.523. The van der Waals surface area contributed by atoms with Gasteiger partial charge in [-0.3, -0.25) is 0 Å². The van der Waals surface area contributed by atoms with Crippen molar-refractivity contribution in [3.05, 3.63) is 53.6 Å². The molecule has 0 aromatic heterocycles. The van der Waals surface area contributed by atoms with Crippen LogP contribution in [0.2, 0.25) is 0 Å². The third-order valence-corrected chi connectivity index (χ3v) is 8.50. The molecule has 44 heavy (non-hydrogen) atoms. The Bertz CT molecular complexity index is 1100. The minimum Gasteiger partial charge on any atom is -0.494 e. The van der Waals surface area contributed by atoms with Crippen molar-refractivity contribution >= 4 is 12.4 Å². The van der Waals surface area contributed by atoms with Gasteiger partial charge in [-0.2, -0.15) is 15.5 Å². The summed E-state index contributed by atoms with van der Waals surface area (Å²) in [5.41, 5.74) is 1.75. The number of unbranched alkanes of at least 4 members (excludes halogenated alkanes) is 9. The molecule has 0 aliphatic carbocycles. The highest BCUT2D eigenvalue weighted by Crippen LogP contribution is 2.37. The summed E-state index contributed by atoms with van der Waals surface area (Å²) in [5.74, 6) is 2.32. The van der Waals surface area contributed by atoms with Crippen LogP contribution in [0.3, 0.4) is 0 Å². The largest absolute Gasteiger partial charge is 0.494 e. The molecule has 2 unspecified atom stereocenters. The van der Waals surface area contributed by atoms with Gasteiger partial charge in [0.2, 0.25) is 0 Å². The van der Waals surface area contributed by atoms with Gasteiger partial charge in [0.25, 0.3) is 0 Å². The van der Waals surface area contributed by atoms with Gasteiger partial charge in [0.15, 0.2) is 11.5 Å². The van der Waals surface area contributed by atoms with Crippen LogP contribution >= 0.6 is 12.4 Å². The van der Waals surface area contributed by atoms with Crippen molar-refractivity contribution in [2.45, 2.75) is 128 Å². The Morgan fingerprint density at radius 3 is 2.07 bits per heavy atom. The first-order chi connectivity index (χ1) is 21.0. The van der Waals surface area contributed by atoms with Gasteiger partial charge < -0.3 is 14.2 Å². The number of aryl methyl sites for hydroxylation is 1. The summed E-state index contributed by atoms with van der Waals surface area (Å²) >= 11 is 0.